The van der Waals surface area contributed by atoms with Gasteiger partial charge in [0.15, 0.2) is 0 Å². The van der Waals surface area contributed by atoms with E-state index in [1.54, 1.807) is 0 Å². The van der Waals surface area contributed by atoms with Crippen molar-refractivity contribution in [2.75, 3.05) is 26.2 Å². The summed E-state index contributed by atoms with van der Waals surface area (Å²) in [6.07, 6.45) is 7.45. The van der Waals surface area contributed by atoms with Crippen LogP contribution in [0.4, 0.5) is 0 Å². The van der Waals surface area contributed by atoms with E-state index in [0.29, 0.717) is 0 Å². The maximum atomic E-state index is 3.82. The first kappa shape index (κ1) is 13.8. The lowest BCUT2D eigenvalue weighted by Crippen LogP contribution is -2.38. The Balaban J connectivity index is 1.58. The minimum Gasteiger partial charge on any atom is -0.302 e. The standard InChI is InChI=1S/C18H26N2/c1-2-16-7-9-17(10-8-16)14-20-13-5-6-18(20)15-19-11-3-4-12-19/h2,7-10,18H,1,3-6,11-15H2/t18-/m0/s1. The van der Waals surface area contributed by atoms with Crippen molar-refractivity contribution in [3.8, 4) is 0 Å². The molecular formula is C18H26N2. The Morgan fingerprint density at radius 3 is 2.50 bits per heavy atom. The molecule has 0 aromatic heterocycles. The lowest BCUT2D eigenvalue weighted by Gasteiger charge is -2.28. The topological polar surface area (TPSA) is 6.48 Å². The van der Waals surface area contributed by atoms with E-state index >= 15 is 0 Å². The summed E-state index contributed by atoms with van der Waals surface area (Å²) in [7, 11) is 0. The molecule has 0 spiro atoms. The monoisotopic (exact) mass is 270 g/mol. The molecule has 2 nitrogen and oxygen atoms in total. The Kier molecular flexibility index (Phi) is 4.54. The summed E-state index contributed by atoms with van der Waals surface area (Å²) in [5, 5.41) is 0. The molecule has 1 aromatic carbocycles. The molecule has 0 N–H and O–H groups in total. The number of nitrogens with zero attached hydrogens (tertiary/aromatic N) is 2. The maximum absolute atomic E-state index is 3.82. The summed E-state index contributed by atoms with van der Waals surface area (Å²) in [6, 6.07) is 9.62. The Morgan fingerprint density at radius 2 is 1.80 bits per heavy atom. The molecule has 2 heteroatoms. The highest BCUT2D eigenvalue weighted by Crippen LogP contribution is 2.22. The molecule has 0 unspecified atom stereocenters. The average molecular weight is 270 g/mol. The van der Waals surface area contributed by atoms with Crippen molar-refractivity contribution in [3.63, 3.8) is 0 Å². The van der Waals surface area contributed by atoms with Crippen molar-refractivity contribution in [1.29, 1.82) is 0 Å². The molecule has 0 bridgehead atoms. The van der Waals surface area contributed by atoms with Crippen LogP contribution in [0.5, 0.6) is 0 Å². The number of rotatable bonds is 5. The SMILES string of the molecule is C=Cc1ccc(CN2CCC[C@H]2CN2CCCC2)cc1. The number of hydrogen-bond donors (Lipinski definition) is 0. The second kappa shape index (κ2) is 6.55. The fourth-order valence-corrected chi connectivity index (χ4v) is 3.57. The van der Waals surface area contributed by atoms with Crippen LogP contribution in [-0.4, -0.2) is 42.0 Å². The Hall–Kier alpha value is -1.12. The summed E-state index contributed by atoms with van der Waals surface area (Å²) in [5.74, 6) is 0. The molecule has 108 valence electrons. The fourth-order valence-electron chi connectivity index (χ4n) is 3.57. The second-order valence-corrected chi connectivity index (χ2v) is 6.22. The molecular weight excluding hydrogens is 244 g/mol. The van der Waals surface area contributed by atoms with Gasteiger partial charge in [-0.1, -0.05) is 36.9 Å². The van der Waals surface area contributed by atoms with Gasteiger partial charge in [0, 0.05) is 19.1 Å². The Bertz CT molecular complexity index is 431. The Morgan fingerprint density at radius 1 is 1.05 bits per heavy atom. The first-order chi connectivity index (χ1) is 9.85. The van der Waals surface area contributed by atoms with Gasteiger partial charge in [-0.25, -0.2) is 0 Å². The number of hydrogen-bond acceptors (Lipinski definition) is 2. The normalized spacial score (nSPS) is 24.3. The first-order valence-electron chi connectivity index (χ1n) is 8.03. The zero-order valence-electron chi connectivity index (χ0n) is 12.4. The van der Waals surface area contributed by atoms with Gasteiger partial charge >= 0.3 is 0 Å². The van der Waals surface area contributed by atoms with E-state index in [-0.39, 0.29) is 0 Å². The number of likely N-dealkylation sites (tertiary alicyclic amines) is 2. The molecule has 0 amide bonds. The smallest absolute Gasteiger partial charge is 0.0237 e. The van der Waals surface area contributed by atoms with Gasteiger partial charge < -0.3 is 4.90 Å². The van der Waals surface area contributed by atoms with Crippen LogP contribution in [0.1, 0.15) is 36.8 Å². The van der Waals surface area contributed by atoms with E-state index < -0.39 is 0 Å². The third kappa shape index (κ3) is 3.31. The molecule has 2 saturated heterocycles. The van der Waals surface area contributed by atoms with E-state index in [4.69, 9.17) is 0 Å². The van der Waals surface area contributed by atoms with Crippen molar-refractivity contribution in [1.82, 2.24) is 9.80 Å². The molecule has 1 aromatic rings. The van der Waals surface area contributed by atoms with E-state index in [0.717, 1.165) is 12.6 Å². The molecule has 2 aliphatic rings. The van der Waals surface area contributed by atoms with Gasteiger partial charge in [0.25, 0.3) is 0 Å². The average Bonchev–Trinajstić information content (AvgIpc) is 3.13. The molecule has 20 heavy (non-hydrogen) atoms. The largest absolute Gasteiger partial charge is 0.302 e. The van der Waals surface area contributed by atoms with Crippen molar-refractivity contribution in [3.05, 3.63) is 42.0 Å². The molecule has 2 fully saturated rings. The molecule has 0 aliphatic carbocycles. The minimum absolute atomic E-state index is 0.771. The fraction of sp³-hybridized carbons (Fsp3) is 0.556. The molecule has 2 heterocycles. The van der Waals surface area contributed by atoms with Gasteiger partial charge in [-0.05, 0) is 56.4 Å². The lowest BCUT2D eigenvalue weighted by atomic mass is 10.1. The van der Waals surface area contributed by atoms with E-state index in [1.165, 1.54) is 63.0 Å². The summed E-state index contributed by atoms with van der Waals surface area (Å²) in [4.78, 5) is 5.34. The van der Waals surface area contributed by atoms with Crippen LogP contribution in [-0.2, 0) is 6.54 Å². The second-order valence-electron chi connectivity index (χ2n) is 6.22. The summed E-state index contributed by atoms with van der Waals surface area (Å²) in [6.45, 7) is 10.1. The van der Waals surface area contributed by atoms with Crippen LogP contribution in [0.3, 0.4) is 0 Å². The van der Waals surface area contributed by atoms with Gasteiger partial charge in [-0.2, -0.15) is 0 Å². The highest BCUT2D eigenvalue weighted by atomic mass is 15.2. The maximum Gasteiger partial charge on any atom is 0.0237 e. The van der Waals surface area contributed by atoms with Crippen molar-refractivity contribution in [2.45, 2.75) is 38.3 Å². The predicted molar refractivity (Wildman–Crippen MR) is 85.6 cm³/mol. The van der Waals surface area contributed by atoms with Gasteiger partial charge in [-0.15, -0.1) is 0 Å². The zero-order chi connectivity index (χ0) is 13.8. The predicted octanol–water partition coefficient (Wildman–Crippen LogP) is 3.39. The lowest BCUT2D eigenvalue weighted by molar-refractivity contribution is 0.185. The highest BCUT2D eigenvalue weighted by molar-refractivity contribution is 5.47. The molecule has 1 atom stereocenters. The number of benzene rings is 1. The van der Waals surface area contributed by atoms with Gasteiger partial charge in [0.05, 0.1) is 0 Å². The van der Waals surface area contributed by atoms with E-state index in [9.17, 15) is 0 Å². The van der Waals surface area contributed by atoms with Crippen molar-refractivity contribution >= 4 is 6.08 Å². The Labute approximate surface area is 123 Å². The molecule has 3 rings (SSSR count). The molecule has 2 aliphatic heterocycles. The van der Waals surface area contributed by atoms with E-state index in [1.807, 2.05) is 6.08 Å². The van der Waals surface area contributed by atoms with Crippen LogP contribution in [0.2, 0.25) is 0 Å². The zero-order valence-corrected chi connectivity index (χ0v) is 12.4. The summed E-state index contributed by atoms with van der Waals surface area (Å²) in [5.41, 5.74) is 2.65. The quantitative estimate of drug-likeness (QED) is 0.809. The third-order valence-corrected chi connectivity index (χ3v) is 4.77. The van der Waals surface area contributed by atoms with Crippen LogP contribution in [0.25, 0.3) is 6.08 Å². The van der Waals surface area contributed by atoms with Crippen molar-refractivity contribution < 1.29 is 0 Å². The minimum atomic E-state index is 0.771. The van der Waals surface area contributed by atoms with Crippen LogP contribution in [0.15, 0.2) is 30.8 Å². The summed E-state index contributed by atoms with van der Waals surface area (Å²) < 4.78 is 0. The van der Waals surface area contributed by atoms with E-state index in [2.05, 4.69) is 40.6 Å². The highest BCUT2D eigenvalue weighted by Gasteiger charge is 2.27. The third-order valence-electron chi connectivity index (χ3n) is 4.77. The van der Waals surface area contributed by atoms with Crippen LogP contribution >= 0.6 is 0 Å². The van der Waals surface area contributed by atoms with Crippen molar-refractivity contribution in [2.24, 2.45) is 0 Å². The van der Waals surface area contributed by atoms with Gasteiger partial charge in [0.2, 0.25) is 0 Å². The van der Waals surface area contributed by atoms with Crippen LogP contribution in [0, 0.1) is 0 Å². The van der Waals surface area contributed by atoms with Gasteiger partial charge in [-0.3, -0.25) is 4.90 Å². The summed E-state index contributed by atoms with van der Waals surface area (Å²) >= 11 is 0. The van der Waals surface area contributed by atoms with Crippen LogP contribution < -0.4 is 0 Å². The van der Waals surface area contributed by atoms with Gasteiger partial charge in [0.1, 0.15) is 0 Å². The molecule has 0 radical (unpaired) electrons. The molecule has 0 saturated carbocycles. The first-order valence-corrected chi connectivity index (χ1v) is 8.03.